The quantitative estimate of drug-likeness (QED) is 0.771. The van der Waals surface area contributed by atoms with Crippen molar-refractivity contribution in [1.29, 1.82) is 0 Å². The van der Waals surface area contributed by atoms with E-state index in [-0.39, 0.29) is 29.3 Å². The van der Waals surface area contributed by atoms with Crippen LogP contribution in [-0.2, 0) is 14.8 Å². The molecule has 0 atom stereocenters. The summed E-state index contributed by atoms with van der Waals surface area (Å²) in [5, 5.41) is 2.81. The number of nitrogens with one attached hydrogen (secondary N) is 1. The van der Waals surface area contributed by atoms with Crippen molar-refractivity contribution in [3.63, 3.8) is 0 Å². The number of hydrogen-bond acceptors (Lipinski definition) is 4. The van der Waals surface area contributed by atoms with Crippen LogP contribution in [0.2, 0.25) is 0 Å². The van der Waals surface area contributed by atoms with Gasteiger partial charge in [0.05, 0.1) is 10.4 Å². The number of nitrogens with zero attached hydrogens (tertiary/aromatic N) is 1. The molecule has 1 aromatic rings. The minimum Gasteiger partial charge on any atom is -0.324 e. The molecule has 1 amide bonds. The first-order valence-electron chi connectivity index (χ1n) is 9.51. The van der Waals surface area contributed by atoms with Crippen LogP contribution in [0.1, 0.15) is 57.8 Å². The van der Waals surface area contributed by atoms with Gasteiger partial charge in [-0.15, -0.1) is 12.4 Å². The molecular formula is C19H30ClN3O3S. The fourth-order valence-electron chi connectivity index (χ4n) is 4.03. The van der Waals surface area contributed by atoms with Gasteiger partial charge < -0.3 is 11.1 Å². The molecule has 0 heterocycles. The molecule has 3 rings (SSSR count). The predicted octanol–water partition coefficient (Wildman–Crippen LogP) is 3.27. The van der Waals surface area contributed by atoms with Gasteiger partial charge in [0.1, 0.15) is 0 Å². The molecule has 2 aliphatic carbocycles. The van der Waals surface area contributed by atoms with Crippen molar-refractivity contribution < 1.29 is 13.2 Å². The van der Waals surface area contributed by atoms with Crippen molar-refractivity contribution in [1.82, 2.24) is 4.31 Å². The van der Waals surface area contributed by atoms with Crippen LogP contribution in [0, 0.1) is 0 Å². The van der Waals surface area contributed by atoms with E-state index in [1.54, 1.807) is 25.2 Å². The molecule has 2 saturated carbocycles. The Morgan fingerprint density at radius 2 is 1.78 bits per heavy atom. The molecule has 8 heteroatoms. The smallest absolute Gasteiger partial charge is 0.244 e. The Morgan fingerprint density at radius 3 is 2.41 bits per heavy atom. The second-order valence-corrected chi connectivity index (χ2v) is 9.66. The van der Waals surface area contributed by atoms with Gasteiger partial charge in [0.15, 0.2) is 0 Å². The zero-order chi connectivity index (χ0) is 18.8. The highest BCUT2D eigenvalue weighted by molar-refractivity contribution is 7.89. The van der Waals surface area contributed by atoms with Gasteiger partial charge in [0, 0.05) is 18.8 Å². The van der Waals surface area contributed by atoms with Gasteiger partial charge in [-0.05, 0) is 43.9 Å². The van der Waals surface area contributed by atoms with Crippen molar-refractivity contribution in [2.45, 2.75) is 74.3 Å². The maximum atomic E-state index is 13.0. The molecule has 6 nitrogen and oxygen atoms in total. The highest BCUT2D eigenvalue weighted by Crippen LogP contribution is 2.30. The first kappa shape index (κ1) is 22.1. The number of anilines is 1. The summed E-state index contributed by atoms with van der Waals surface area (Å²) >= 11 is 0. The lowest BCUT2D eigenvalue weighted by molar-refractivity contribution is -0.121. The molecule has 1 aromatic carbocycles. The van der Waals surface area contributed by atoms with Gasteiger partial charge >= 0.3 is 0 Å². The van der Waals surface area contributed by atoms with Crippen LogP contribution in [0.3, 0.4) is 0 Å². The van der Waals surface area contributed by atoms with Crippen LogP contribution < -0.4 is 11.1 Å². The lowest BCUT2D eigenvalue weighted by Gasteiger charge is -2.30. The summed E-state index contributed by atoms with van der Waals surface area (Å²) in [7, 11) is -1.92. The average molecular weight is 416 g/mol. The van der Waals surface area contributed by atoms with Crippen LogP contribution in [0.15, 0.2) is 29.2 Å². The SMILES string of the molecule is CN(C1CCCCC1)S(=O)(=O)c1cccc(NC(=O)C2(N)CCCC2)c1.Cl. The van der Waals surface area contributed by atoms with Gasteiger partial charge in [-0.25, -0.2) is 8.42 Å². The normalized spacial score (nSPS) is 20.3. The van der Waals surface area contributed by atoms with E-state index in [4.69, 9.17) is 5.73 Å². The summed E-state index contributed by atoms with van der Waals surface area (Å²) < 4.78 is 27.4. The second kappa shape index (κ2) is 8.90. The molecule has 0 radical (unpaired) electrons. The zero-order valence-electron chi connectivity index (χ0n) is 15.8. The van der Waals surface area contributed by atoms with Crippen molar-refractivity contribution >= 4 is 34.0 Å². The maximum Gasteiger partial charge on any atom is 0.244 e. The largest absolute Gasteiger partial charge is 0.324 e. The third-order valence-electron chi connectivity index (χ3n) is 5.81. The van der Waals surface area contributed by atoms with E-state index in [2.05, 4.69) is 5.32 Å². The van der Waals surface area contributed by atoms with Crippen LogP contribution in [0.5, 0.6) is 0 Å². The van der Waals surface area contributed by atoms with E-state index in [0.717, 1.165) is 38.5 Å². The Morgan fingerprint density at radius 1 is 1.15 bits per heavy atom. The standard InChI is InChI=1S/C19H29N3O3S.ClH/c1-22(16-9-3-2-4-10-16)26(24,25)17-11-7-8-15(14-17)21-18(23)19(20)12-5-6-13-19;/h7-8,11,14,16H,2-6,9-10,12-13,20H2,1H3,(H,21,23);1H. The highest BCUT2D eigenvalue weighted by Gasteiger charge is 2.37. The highest BCUT2D eigenvalue weighted by atomic mass is 35.5. The van der Waals surface area contributed by atoms with E-state index in [9.17, 15) is 13.2 Å². The summed E-state index contributed by atoms with van der Waals surface area (Å²) in [6, 6.07) is 6.53. The number of rotatable bonds is 5. The number of nitrogens with two attached hydrogens (primary N) is 1. The van der Waals surface area contributed by atoms with Crippen molar-refractivity contribution in [3.05, 3.63) is 24.3 Å². The minimum absolute atomic E-state index is 0. The van der Waals surface area contributed by atoms with Crippen molar-refractivity contribution in [3.8, 4) is 0 Å². The molecule has 0 aromatic heterocycles. The minimum atomic E-state index is -3.58. The van der Waals surface area contributed by atoms with E-state index in [1.165, 1.54) is 16.8 Å². The first-order chi connectivity index (χ1) is 12.3. The molecule has 0 aliphatic heterocycles. The summed E-state index contributed by atoms with van der Waals surface area (Å²) in [5.41, 5.74) is 5.82. The Bertz CT molecular complexity index is 757. The number of benzene rings is 1. The maximum absolute atomic E-state index is 13.0. The van der Waals surface area contributed by atoms with Gasteiger partial charge in [-0.3, -0.25) is 4.79 Å². The summed E-state index contributed by atoms with van der Waals surface area (Å²) in [6.07, 6.45) is 8.35. The Labute approximate surface area is 168 Å². The Kier molecular flexibility index (Phi) is 7.30. The number of halogens is 1. The number of carbonyl (C=O) groups excluding carboxylic acids is 1. The fourth-order valence-corrected chi connectivity index (χ4v) is 5.49. The first-order valence-corrected chi connectivity index (χ1v) is 11.0. The predicted molar refractivity (Wildman–Crippen MR) is 110 cm³/mol. The second-order valence-electron chi connectivity index (χ2n) is 7.66. The lowest BCUT2D eigenvalue weighted by Crippen LogP contribution is -2.48. The molecule has 2 aliphatic rings. The molecule has 0 unspecified atom stereocenters. The molecule has 27 heavy (non-hydrogen) atoms. The third kappa shape index (κ3) is 4.83. The number of carbonyl (C=O) groups is 1. The van der Waals surface area contributed by atoms with E-state index >= 15 is 0 Å². The fraction of sp³-hybridized carbons (Fsp3) is 0.632. The van der Waals surface area contributed by atoms with Crippen molar-refractivity contribution in [2.75, 3.05) is 12.4 Å². The molecule has 3 N–H and O–H groups in total. The van der Waals surface area contributed by atoms with Gasteiger partial charge in [0.25, 0.3) is 0 Å². The molecule has 0 bridgehead atoms. The Hall–Kier alpha value is -1.15. The Balaban J connectivity index is 0.00000261. The topological polar surface area (TPSA) is 92.5 Å². The number of amides is 1. The van der Waals surface area contributed by atoms with Crippen LogP contribution in [0.25, 0.3) is 0 Å². The summed E-state index contributed by atoms with van der Waals surface area (Å²) in [6.45, 7) is 0. The molecule has 0 spiro atoms. The average Bonchev–Trinajstić information content (AvgIpc) is 3.10. The number of hydrogen-bond donors (Lipinski definition) is 2. The van der Waals surface area contributed by atoms with E-state index < -0.39 is 15.6 Å². The van der Waals surface area contributed by atoms with Crippen LogP contribution >= 0.6 is 12.4 Å². The summed E-state index contributed by atoms with van der Waals surface area (Å²) in [4.78, 5) is 12.7. The third-order valence-corrected chi connectivity index (χ3v) is 7.71. The molecular weight excluding hydrogens is 386 g/mol. The number of sulfonamides is 1. The van der Waals surface area contributed by atoms with Gasteiger partial charge in [-0.2, -0.15) is 4.31 Å². The van der Waals surface area contributed by atoms with Gasteiger partial charge in [-0.1, -0.05) is 38.2 Å². The van der Waals surface area contributed by atoms with Crippen LogP contribution in [0.4, 0.5) is 5.69 Å². The lowest BCUT2D eigenvalue weighted by atomic mass is 9.96. The van der Waals surface area contributed by atoms with E-state index in [0.29, 0.717) is 18.5 Å². The van der Waals surface area contributed by atoms with E-state index in [1.807, 2.05) is 0 Å². The van der Waals surface area contributed by atoms with Crippen molar-refractivity contribution in [2.24, 2.45) is 5.73 Å². The van der Waals surface area contributed by atoms with Gasteiger partial charge in [0.2, 0.25) is 15.9 Å². The summed E-state index contributed by atoms with van der Waals surface area (Å²) in [5.74, 6) is -0.231. The molecule has 152 valence electrons. The molecule has 0 saturated heterocycles. The van der Waals surface area contributed by atoms with Crippen LogP contribution in [-0.4, -0.2) is 37.3 Å². The monoisotopic (exact) mass is 415 g/mol. The molecule has 2 fully saturated rings. The zero-order valence-corrected chi connectivity index (χ0v) is 17.4.